The van der Waals surface area contributed by atoms with Crippen molar-refractivity contribution in [2.75, 3.05) is 0 Å². The molecule has 0 spiro atoms. The minimum absolute atomic E-state index is 0.201. The van der Waals surface area contributed by atoms with Gasteiger partial charge in [0.25, 0.3) is 5.91 Å². The minimum atomic E-state index is -0.367. The zero-order valence-corrected chi connectivity index (χ0v) is 16.6. The van der Waals surface area contributed by atoms with Crippen molar-refractivity contribution in [3.05, 3.63) is 114 Å². The lowest BCUT2D eigenvalue weighted by Crippen LogP contribution is -2.31. The fourth-order valence-electron chi connectivity index (χ4n) is 3.50. The fourth-order valence-corrected chi connectivity index (χ4v) is 3.50. The van der Waals surface area contributed by atoms with Crippen molar-refractivity contribution < 1.29 is 9.18 Å². The Balaban J connectivity index is 1.61. The van der Waals surface area contributed by atoms with Crippen LogP contribution < -0.4 is 5.32 Å². The van der Waals surface area contributed by atoms with Crippen LogP contribution in [0.2, 0.25) is 0 Å². The summed E-state index contributed by atoms with van der Waals surface area (Å²) in [5.74, 6) is -0.619. The van der Waals surface area contributed by atoms with E-state index in [2.05, 4.69) is 10.4 Å². The monoisotopic (exact) mass is 399 g/mol. The molecule has 3 aromatic carbocycles. The maximum Gasteiger partial charge on any atom is 0.270 e. The number of halogens is 1. The number of carbonyl (C=O) groups excluding carboxylic acids is 1. The van der Waals surface area contributed by atoms with Gasteiger partial charge in [-0.25, -0.2) is 4.39 Å². The summed E-state index contributed by atoms with van der Waals surface area (Å²) in [5, 5.41) is 7.47. The molecule has 4 aromatic rings. The van der Waals surface area contributed by atoms with Gasteiger partial charge in [-0.3, -0.25) is 9.48 Å². The lowest BCUT2D eigenvalue weighted by Gasteiger charge is -2.19. The van der Waals surface area contributed by atoms with Crippen molar-refractivity contribution >= 4 is 5.91 Å². The van der Waals surface area contributed by atoms with E-state index in [9.17, 15) is 9.18 Å². The number of benzene rings is 3. The second-order valence-corrected chi connectivity index (χ2v) is 7.14. The number of rotatable bonds is 6. The lowest BCUT2D eigenvalue weighted by atomic mass is 9.98. The highest BCUT2D eigenvalue weighted by Gasteiger charge is 2.20. The molecular weight excluding hydrogens is 377 g/mol. The van der Waals surface area contributed by atoms with Gasteiger partial charge in [0.05, 0.1) is 11.7 Å². The molecule has 1 N–H and O–H groups in total. The van der Waals surface area contributed by atoms with E-state index in [0.29, 0.717) is 23.4 Å². The van der Waals surface area contributed by atoms with Crippen LogP contribution in [0, 0.1) is 5.82 Å². The quantitative estimate of drug-likeness (QED) is 0.499. The Morgan fingerprint density at radius 3 is 2.30 bits per heavy atom. The molecule has 1 aromatic heterocycles. The number of hydrogen-bond donors (Lipinski definition) is 1. The lowest BCUT2D eigenvalue weighted by molar-refractivity contribution is 0.0927. The standard InChI is InChI=1S/C25H22FN3O/c1-29-24(17-23(28-29)20-14-8-9-15-21(20)26)25(30)27-22(19-12-6-3-7-13-19)16-18-10-4-2-5-11-18/h2-15,17,22H,16H2,1H3,(H,27,30)/t22-/m1/s1. The van der Waals surface area contributed by atoms with E-state index < -0.39 is 0 Å². The van der Waals surface area contributed by atoms with Crippen LogP contribution in [0.4, 0.5) is 4.39 Å². The molecule has 1 atom stereocenters. The number of aryl methyl sites for hydroxylation is 1. The Hall–Kier alpha value is -3.73. The van der Waals surface area contributed by atoms with Gasteiger partial charge in [0.15, 0.2) is 0 Å². The Bertz CT molecular complexity index is 1140. The second-order valence-electron chi connectivity index (χ2n) is 7.14. The molecule has 0 radical (unpaired) electrons. The SMILES string of the molecule is Cn1nc(-c2ccccc2F)cc1C(=O)N[C@H](Cc1ccccc1)c1ccccc1. The van der Waals surface area contributed by atoms with E-state index in [4.69, 9.17) is 0 Å². The van der Waals surface area contributed by atoms with Gasteiger partial charge in [0.2, 0.25) is 0 Å². The summed E-state index contributed by atoms with van der Waals surface area (Å²) in [4.78, 5) is 13.1. The number of nitrogens with zero attached hydrogens (tertiary/aromatic N) is 2. The van der Waals surface area contributed by atoms with Crippen LogP contribution in [-0.4, -0.2) is 15.7 Å². The van der Waals surface area contributed by atoms with E-state index in [1.807, 2.05) is 60.7 Å². The maximum atomic E-state index is 14.1. The van der Waals surface area contributed by atoms with E-state index in [1.54, 1.807) is 31.3 Å². The van der Waals surface area contributed by atoms with Gasteiger partial charge in [0, 0.05) is 12.6 Å². The summed E-state index contributed by atoms with van der Waals surface area (Å²) >= 11 is 0. The molecule has 0 saturated carbocycles. The van der Waals surface area contributed by atoms with E-state index >= 15 is 0 Å². The molecule has 0 unspecified atom stereocenters. The Labute approximate surface area is 175 Å². The summed E-state index contributed by atoms with van der Waals surface area (Å²) in [7, 11) is 1.69. The third-order valence-corrected chi connectivity index (χ3v) is 5.05. The smallest absolute Gasteiger partial charge is 0.270 e. The number of carbonyl (C=O) groups is 1. The molecule has 150 valence electrons. The first-order valence-corrected chi connectivity index (χ1v) is 9.80. The minimum Gasteiger partial charge on any atom is -0.344 e. The van der Waals surface area contributed by atoms with Crippen molar-refractivity contribution in [2.45, 2.75) is 12.5 Å². The first kappa shape index (κ1) is 19.6. The number of hydrogen-bond acceptors (Lipinski definition) is 2. The molecule has 4 nitrogen and oxygen atoms in total. The Morgan fingerprint density at radius 1 is 0.967 bits per heavy atom. The third-order valence-electron chi connectivity index (χ3n) is 5.05. The normalized spacial score (nSPS) is 11.8. The molecule has 1 heterocycles. The zero-order valence-electron chi connectivity index (χ0n) is 16.6. The molecular formula is C25H22FN3O. The molecule has 0 aliphatic carbocycles. The van der Waals surface area contributed by atoms with E-state index in [-0.39, 0.29) is 17.8 Å². The second kappa shape index (κ2) is 8.74. The molecule has 0 aliphatic heterocycles. The summed E-state index contributed by atoms with van der Waals surface area (Å²) in [6, 6.07) is 27.7. The van der Waals surface area contributed by atoms with Gasteiger partial charge in [0.1, 0.15) is 11.5 Å². The largest absolute Gasteiger partial charge is 0.344 e. The average molecular weight is 399 g/mol. The predicted molar refractivity (Wildman–Crippen MR) is 115 cm³/mol. The van der Waals surface area contributed by atoms with Crippen LogP contribution in [0.1, 0.15) is 27.7 Å². The van der Waals surface area contributed by atoms with Gasteiger partial charge >= 0.3 is 0 Å². The van der Waals surface area contributed by atoms with Crippen molar-refractivity contribution in [3.63, 3.8) is 0 Å². The number of amides is 1. The Kier molecular flexibility index (Phi) is 5.70. The van der Waals surface area contributed by atoms with Crippen LogP contribution in [0.15, 0.2) is 91.0 Å². The van der Waals surface area contributed by atoms with Gasteiger partial charge < -0.3 is 5.32 Å². The molecule has 0 saturated heterocycles. The highest BCUT2D eigenvalue weighted by molar-refractivity contribution is 5.94. The summed E-state index contributed by atoms with van der Waals surface area (Å²) in [5.41, 5.74) is 3.33. The van der Waals surface area contributed by atoms with Crippen molar-refractivity contribution in [1.82, 2.24) is 15.1 Å². The molecule has 4 rings (SSSR count). The predicted octanol–water partition coefficient (Wildman–Crippen LogP) is 4.94. The van der Waals surface area contributed by atoms with Gasteiger partial charge in [-0.15, -0.1) is 0 Å². The van der Waals surface area contributed by atoms with Crippen molar-refractivity contribution in [3.8, 4) is 11.3 Å². The van der Waals surface area contributed by atoms with Crippen molar-refractivity contribution in [2.24, 2.45) is 7.05 Å². The molecule has 30 heavy (non-hydrogen) atoms. The fraction of sp³-hybridized carbons (Fsp3) is 0.120. The summed E-state index contributed by atoms with van der Waals surface area (Å²) in [6.45, 7) is 0. The first-order valence-electron chi connectivity index (χ1n) is 9.80. The zero-order chi connectivity index (χ0) is 20.9. The number of nitrogens with one attached hydrogen (secondary N) is 1. The van der Waals surface area contributed by atoms with Crippen molar-refractivity contribution in [1.29, 1.82) is 0 Å². The summed E-state index contributed by atoms with van der Waals surface area (Å²) < 4.78 is 15.6. The first-order chi connectivity index (χ1) is 14.6. The molecule has 5 heteroatoms. The highest BCUT2D eigenvalue weighted by atomic mass is 19.1. The van der Waals surface area contributed by atoms with E-state index in [1.165, 1.54) is 10.7 Å². The molecule has 0 aliphatic rings. The number of aromatic nitrogens is 2. The highest BCUT2D eigenvalue weighted by Crippen LogP contribution is 2.23. The van der Waals surface area contributed by atoms with Gasteiger partial charge in [-0.2, -0.15) is 5.10 Å². The maximum absolute atomic E-state index is 14.1. The van der Waals surface area contributed by atoms with Crippen LogP contribution >= 0.6 is 0 Å². The molecule has 0 fully saturated rings. The van der Waals surface area contributed by atoms with E-state index in [0.717, 1.165) is 11.1 Å². The molecule has 1 amide bonds. The summed E-state index contributed by atoms with van der Waals surface area (Å²) in [6.07, 6.45) is 0.661. The van der Waals surface area contributed by atoms with Crippen LogP contribution in [-0.2, 0) is 13.5 Å². The van der Waals surface area contributed by atoms with Crippen LogP contribution in [0.25, 0.3) is 11.3 Å². The molecule has 0 bridgehead atoms. The van der Waals surface area contributed by atoms with Gasteiger partial charge in [-0.1, -0.05) is 72.8 Å². The topological polar surface area (TPSA) is 46.9 Å². The van der Waals surface area contributed by atoms with Crippen LogP contribution in [0.5, 0.6) is 0 Å². The third kappa shape index (κ3) is 4.30. The Morgan fingerprint density at radius 2 is 1.60 bits per heavy atom. The van der Waals surface area contributed by atoms with Crippen LogP contribution in [0.3, 0.4) is 0 Å². The average Bonchev–Trinajstić information content (AvgIpc) is 3.16. The van der Waals surface area contributed by atoms with Gasteiger partial charge in [-0.05, 0) is 35.7 Å².